The molecule has 1 aliphatic rings. The molecule has 2 heterocycles. The fourth-order valence-electron chi connectivity index (χ4n) is 0.988. The summed E-state index contributed by atoms with van der Waals surface area (Å²) in [5.41, 5.74) is 0. The van der Waals surface area contributed by atoms with E-state index < -0.39 is 0 Å². The number of thiocarbonyl (C=S) groups is 1. The first-order valence-electron chi connectivity index (χ1n) is 3.38. The standard InChI is InChI=1S/C7H7NS3/c9-5-1-3-8-11-6-2-4-10-7(5)6/h2,4,8H,1,3H2. The van der Waals surface area contributed by atoms with Crippen LogP contribution in [-0.4, -0.2) is 11.4 Å². The highest BCUT2D eigenvalue weighted by atomic mass is 32.2. The van der Waals surface area contributed by atoms with Gasteiger partial charge in [-0.15, -0.1) is 11.3 Å². The van der Waals surface area contributed by atoms with Crippen LogP contribution in [0.2, 0.25) is 0 Å². The molecule has 0 bridgehead atoms. The summed E-state index contributed by atoms with van der Waals surface area (Å²) in [5, 5.41) is 2.09. The van der Waals surface area contributed by atoms with Gasteiger partial charge in [0, 0.05) is 16.3 Å². The van der Waals surface area contributed by atoms with Crippen LogP contribution in [0.4, 0.5) is 0 Å². The molecule has 58 valence electrons. The Kier molecular flexibility index (Phi) is 2.27. The second-order valence-corrected chi connectivity index (χ2v) is 4.63. The first kappa shape index (κ1) is 7.73. The van der Waals surface area contributed by atoms with Gasteiger partial charge in [0.15, 0.2) is 0 Å². The van der Waals surface area contributed by atoms with E-state index in [0.717, 1.165) is 17.8 Å². The summed E-state index contributed by atoms with van der Waals surface area (Å²) in [6, 6.07) is 2.12. The predicted molar refractivity (Wildman–Crippen MR) is 54.5 cm³/mol. The Morgan fingerprint density at radius 2 is 2.45 bits per heavy atom. The van der Waals surface area contributed by atoms with E-state index in [1.165, 1.54) is 9.77 Å². The minimum Gasteiger partial charge on any atom is -0.259 e. The minimum atomic E-state index is 0.991. The molecular formula is C7H7NS3. The summed E-state index contributed by atoms with van der Waals surface area (Å²) in [4.78, 5) is 3.68. The molecular weight excluding hydrogens is 194 g/mol. The van der Waals surface area contributed by atoms with Gasteiger partial charge in [0.05, 0.1) is 4.88 Å². The lowest BCUT2D eigenvalue weighted by Gasteiger charge is -1.94. The molecule has 1 aromatic heterocycles. The molecule has 0 saturated heterocycles. The number of hydrogen-bond acceptors (Lipinski definition) is 4. The second-order valence-electron chi connectivity index (χ2n) is 2.28. The Morgan fingerprint density at radius 1 is 1.55 bits per heavy atom. The van der Waals surface area contributed by atoms with Crippen molar-refractivity contribution in [2.75, 3.05) is 6.54 Å². The first-order valence-corrected chi connectivity index (χ1v) is 5.49. The Morgan fingerprint density at radius 3 is 3.36 bits per heavy atom. The van der Waals surface area contributed by atoms with Gasteiger partial charge >= 0.3 is 0 Å². The Labute approximate surface area is 79.3 Å². The van der Waals surface area contributed by atoms with E-state index in [1.54, 1.807) is 23.3 Å². The minimum absolute atomic E-state index is 0.991. The van der Waals surface area contributed by atoms with E-state index in [1.807, 2.05) is 0 Å². The van der Waals surface area contributed by atoms with Crippen molar-refractivity contribution in [3.05, 3.63) is 16.3 Å². The number of rotatable bonds is 0. The highest BCUT2D eigenvalue weighted by Gasteiger charge is 2.13. The quantitative estimate of drug-likeness (QED) is 0.511. The molecule has 0 aromatic carbocycles. The van der Waals surface area contributed by atoms with Gasteiger partial charge in [-0.1, -0.05) is 12.2 Å². The van der Waals surface area contributed by atoms with Crippen LogP contribution in [0.15, 0.2) is 16.3 Å². The van der Waals surface area contributed by atoms with Crippen LogP contribution in [0.25, 0.3) is 0 Å². The van der Waals surface area contributed by atoms with E-state index in [0.29, 0.717) is 0 Å². The van der Waals surface area contributed by atoms with Gasteiger partial charge in [-0.05, 0) is 29.8 Å². The third-order valence-electron chi connectivity index (χ3n) is 1.52. The average molecular weight is 201 g/mol. The Bertz CT molecular complexity index is 279. The smallest absolute Gasteiger partial charge is 0.0559 e. The van der Waals surface area contributed by atoms with Crippen LogP contribution in [0, 0.1) is 0 Å². The lowest BCUT2D eigenvalue weighted by molar-refractivity contribution is 0.981. The lowest BCUT2D eigenvalue weighted by atomic mass is 10.2. The van der Waals surface area contributed by atoms with Crippen LogP contribution in [0.1, 0.15) is 11.3 Å². The summed E-state index contributed by atoms with van der Waals surface area (Å²) in [6.07, 6.45) is 0.996. The van der Waals surface area contributed by atoms with Gasteiger partial charge in [0.1, 0.15) is 0 Å². The summed E-state index contributed by atoms with van der Waals surface area (Å²) < 4.78 is 3.26. The van der Waals surface area contributed by atoms with Gasteiger partial charge < -0.3 is 0 Å². The Hall–Kier alpha value is 0.1000. The third kappa shape index (κ3) is 1.49. The molecule has 0 fully saturated rings. The van der Waals surface area contributed by atoms with Crippen molar-refractivity contribution in [3.8, 4) is 0 Å². The zero-order valence-electron chi connectivity index (χ0n) is 5.79. The van der Waals surface area contributed by atoms with Crippen molar-refractivity contribution in [1.29, 1.82) is 0 Å². The molecule has 0 atom stereocenters. The van der Waals surface area contributed by atoms with Crippen LogP contribution in [-0.2, 0) is 0 Å². The highest BCUT2D eigenvalue weighted by Crippen LogP contribution is 2.29. The molecule has 11 heavy (non-hydrogen) atoms. The van der Waals surface area contributed by atoms with Crippen LogP contribution in [0.5, 0.6) is 0 Å². The number of thiophene rings is 1. The molecule has 0 spiro atoms. The fourth-order valence-corrected chi connectivity index (χ4v) is 3.23. The SMILES string of the molecule is S=C1CCNSc2ccsc21. The molecule has 1 aliphatic heterocycles. The summed E-state index contributed by atoms with van der Waals surface area (Å²) in [6.45, 7) is 0.991. The largest absolute Gasteiger partial charge is 0.259 e. The Balaban J connectivity index is 2.41. The number of nitrogens with one attached hydrogen (secondary N) is 1. The van der Waals surface area contributed by atoms with Crippen molar-refractivity contribution >= 4 is 40.4 Å². The summed E-state index contributed by atoms with van der Waals surface area (Å²) >= 11 is 8.70. The van der Waals surface area contributed by atoms with Crippen LogP contribution in [0.3, 0.4) is 0 Å². The van der Waals surface area contributed by atoms with Gasteiger partial charge in [0.25, 0.3) is 0 Å². The van der Waals surface area contributed by atoms with Crippen LogP contribution < -0.4 is 4.72 Å². The summed E-state index contributed by atoms with van der Waals surface area (Å²) in [7, 11) is 0. The maximum Gasteiger partial charge on any atom is 0.0559 e. The van der Waals surface area contributed by atoms with E-state index in [2.05, 4.69) is 16.2 Å². The fraction of sp³-hybridized carbons (Fsp3) is 0.286. The van der Waals surface area contributed by atoms with E-state index >= 15 is 0 Å². The van der Waals surface area contributed by atoms with Crippen molar-refractivity contribution in [2.24, 2.45) is 0 Å². The molecule has 1 nitrogen and oxygen atoms in total. The zero-order valence-corrected chi connectivity index (χ0v) is 8.24. The number of fused-ring (bicyclic) bond motifs is 1. The maximum atomic E-state index is 5.26. The molecule has 0 saturated carbocycles. The van der Waals surface area contributed by atoms with Gasteiger partial charge in [-0.3, -0.25) is 4.72 Å². The second kappa shape index (κ2) is 3.23. The third-order valence-corrected chi connectivity index (χ3v) is 4.07. The monoisotopic (exact) mass is 201 g/mol. The van der Waals surface area contributed by atoms with E-state index in [-0.39, 0.29) is 0 Å². The molecule has 2 rings (SSSR count). The zero-order chi connectivity index (χ0) is 7.68. The average Bonchev–Trinajstić information content (AvgIpc) is 2.40. The van der Waals surface area contributed by atoms with Crippen molar-refractivity contribution in [1.82, 2.24) is 4.72 Å². The van der Waals surface area contributed by atoms with E-state index in [4.69, 9.17) is 12.2 Å². The van der Waals surface area contributed by atoms with Gasteiger partial charge in [-0.2, -0.15) is 0 Å². The molecule has 0 unspecified atom stereocenters. The molecule has 0 radical (unpaired) electrons. The van der Waals surface area contributed by atoms with E-state index in [9.17, 15) is 0 Å². The highest BCUT2D eigenvalue weighted by molar-refractivity contribution is 7.97. The summed E-state index contributed by atoms with van der Waals surface area (Å²) in [5.74, 6) is 0. The maximum absolute atomic E-state index is 5.26. The van der Waals surface area contributed by atoms with Crippen molar-refractivity contribution in [3.63, 3.8) is 0 Å². The molecule has 0 aliphatic carbocycles. The predicted octanol–water partition coefficient (Wildman–Crippen LogP) is 2.47. The van der Waals surface area contributed by atoms with Gasteiger partial charge in [-0.25, -0.2) is 0 Å². The van der Waals surface area contributed by atoms with Crippen LogP contribution >= 0.6 is 35.5 Å². The molecule has 0 amide bonds. The topological polar surface area (TPSA) is 12.0 Å². The molecule has 1 aromatic rings. The number of hydrogen-bond donors (Lipinski definition) is 1. The molecule has 4 heteroatoms. The van der Waals surface area contributed by atoms with Crippen molar-refractivity contribution in [2.45, 2.75) is 11.3 Å². The van der Waals surface area contributed by atoms with Gasteiger partial charge in [0.2, 0.25) is 0 Å². The molecule has 1 N–H and O–H groups in total. The lowest BCUT2D eigenvalue weighted by Crippen LogP contribution is -2.05. The normalized spacial score (nSPS) is 17.6. The first-order chi connectivity index (χ1) is 5.38. The van der Waals surface area contributed by atoms with Crippen molar-refractivity contribution < 1.29 is 0 Å².